The molecular formula is C19H23N. The van der Waals surface area contributed by atoms with Crippen molar-refractivity contribution in [1.29, 1.82) is 0 Å². The number of hydrogen-bond donors (Lipinski definition) is 1. The molecule has 0 aliphatic carbocycles. The molecule has 1 unspecified atom stereocenters. The summed E-state index contributed by atoms with van der Waals surface area (Å²) >= 11 is 0. The van der Waals surface area contributed by atoms with Crippen LogP contribution in [0, 0.1) is 20.8 Å². The summed E-state index contributed by atoms with van der Waals surface area (Å²) in [6.45, 7) is 8.78. The third-order valence-electron chi connectivity index (χ3n) is 4.49. The van der Waals surface area contributed by atoms with E-state index in [4.69, 9.17) is 0 Å². The molecule has 0 saturated carbocycles. The molecular weight excluding hydrogens is 242 g/mol. The van der Waals surface area contributed by atoms with Crippen LogP contribution in [-0.4, -0.2) is 6.54 Å². The number of rotatable bonds is 2. The first-order valence-corrected chi connectivity index (χ1v) is 7.50. The number of nitrogens with one attached hydrogen (secondary N) is 1. The predicted octanol–water partition coefficient (Wildman–Crippen LogP) is 4.04. The SMILES string of the molecule is Cc1cc(C)c(CC2CNCc3ccccc32)c(C)c1. The maximum absolute atomic E-state index is 3.56. The molecule has 0 bridgehead atoms. The van der Waals surface area contributed by atoms with Crippen molar-refractivity contribution in [3.8, 4) is 0 Å². The molecule has 1 aliphatic rings. The molecule has 1 heteroatoms. The Morgan fingerprint density at radius 3 is 2.50 bits per heavy atom. The molecule has 0 amide bonds. The molecule has 0 aromatic heterocycles. The summed E-state index contributed by atoms with van der Waals surface area (Å²) in [5.41, 5.74) is 8.76. The Bertz CT molecular complexity index is 604. The van der Waals surface area contributed by atoms with E-state index >= 15 is 0 Å². The van der Waals surface area contributed by atoms with Gasteiger partial charge in [-0.3, -0.25) is 0 Å². The van der Waals surface area contributed by atoms with E-state index in [9.17, 15) is 0 Å². The first-order chi connectivity index (χ1) is 9.65. The van der Waals surface area contributed by atoms with Crippen LogP contribution in [-0.2, 0) is 13.0 Å². The van der Waals surface area contributed by atoms with Crippen LogP contribution < -0.4 is 5.32 Å². The first kappa shape index (κ1) is 13.4. The minimum atomic E-state index is 0.597. The van der Waals surface area contributed by atoms with Crippen molar-refractivity contribution in [3.63, 3.8) is 0 Å². The molecule has 1 aliphatic heterocycles. The zero-order valence-corrected chi connectivity index (χ0v) is 12.7. The van der Waals surface area contributed by atoms with Crippen molar-refractivity contribution in [1.82, 2.24) is 5.32 Å². The van der Waals surface area contributed by atoms with Gasteiger partial charge in [-0.25, -0.2) is 0 Å². The molecule has 20 heavy (non-hydrogen) atoms. The number of benzene rings is 2. The van der Waals surface area contributed by atoms with E-state index in [0.717, 1.165) is 19.5 Å². The number of fused-ring (bicyclic) bond motifs is 1. The highest BCUT2D eigenvalue weighted by molar-refractivity contribution is 5.41. The van der Waals surface area contributed by atoms with E-state index in [1.54, 1.807) is 0 Å². The zero-order valence-electron chi connectivity index (χ0n) is 12.7. The van der Waals surface area contributed by atoms with E-state index in [2.05, 4.69) is 62.5 Å². The Morgan fingerprint density at radius 2 is 1.75 bits per heavy atom. The Kier molecular flexibility index (Phi) is 3.62. The molecule has 2 aromatic rings. The topological polar surface area (TPSA) is 12.0 Å². The minimum absolute atomic E-state index is 0.597. The molecule has 1 nitrogen and oxygen atoms in total. The summed E-state index contributed by atoms with van der Waals surface area (Å²) in [6, 6.07) is 13.5. The van der Waals surface area contributed by atoms with Crippen molar-refractivity contribution >= 4 is 0 Å². The first-order valence-electron chi connectivity index (χ1n) is 7.50. The van der Waals surface area contributed by atoms with E-state index < -0.39 is 0 Å². The van der Waals surface area contributed by atoms with E-state index in [0.29, 0.717) is 5.92 Å². The summed E-state index contributed by atoms with van der Waals surface area (Å²) in [7, 11) is 0. The standard InChI is InChI=1S/C19H23N/c1-13-8-14(2)19(15(3)9-13)10-17-12-20-11-16-6-4-5-7-18(16)17/h4-9,17,20H,10-12H2,1-3H3. The van der Waals surface area contributed by atoms with E-state index in [1.807, 2.05) is 0 Å². The lowest BCUT2D eigenvalue weighted by Gasteiger charge is -2.27. The van der Waals surface area contributed by atoms with Crippen LogP contribution in [0.2, 0.25) is 0 Å². The van der Waals surface area contributed by atoms with E-state index in [-0.39, 0.29) is 0 Å². The summed E-state index contributed by atoms with van der Waals surface area (Å²) in [5.74, 6) is 0.597. The van der Waals surface area contributed by atoms with Gasteiger partial charge in [0.1, 0.15) is 0 Å². The second-order valence-corrected chi connectivity index (χ2v) is 6.11. The summed E-state index contributed by atoms with van der Waals surface area (Å²) < 4.78 is 0. The van der Waals surface area contributed by atoms with Gasteiger partial charge >= 0.3 is 0 Å². The number of aryl methyl sites for hydroxylation is 3. The van der Waals surface area contributed by atoms with Gasteiger partial charge in [0.05, 0.1) is 0 Å². The molecule has 0 saturated heterocycles. The van der Waals surface area contributed by atoms with Gasteiger partial charge < -0.3 is 5.32 Å². The van der Waals surface area contributed by atoms with Crippen molar-refractivity contribution in [2.45, 2.75) is 39.7 Å². The molecule has 104 valence electrons. The minimum Gasteiger partial charge on any atom is -0.312 e. The molecule has 0 fully saturated rings. The van der Waals surface area contributed by atoms with Crippen LogP contribution in [0.5, 0.6) is 0 Å². The summed E-state index contributed by atoms with van der Waals surface area (Å²) in [6.07, 6.45) is 1.14. The predicted molar refractivity (Wildman–Crippen MR) is 85.2 cm³/mol. The molecule has 0 spiro atoms. The van der Waals surface area contributed by atoms with Gasteiger partial charge in [-0.1, -0.05) is 42.0 Å². The Balaban J connectivity index is 1.94. The van der Waals surface area contributed by atoms with Crippen molar-refractivity contribution in [2.75, 3.05) is 6.54 Å². The summed E-state index contributed by atoms with van der Waals surface area (Å²) in [4.78, 5) is 0. The number of hydrogen-bond acceptors (Lipinski definition) is 1. The lowest BCUT2D eigenvalue weighted by Crippen LogP contribution is -2.29. The second kappa shape index (κ2) is 5.41. The van der Waals surface area contributed by atoms with Crippen molar-refractivity contribution in [2.24, 2.45) is 0 Å². The van der Waals surface area contributed by atoms with Gasteiger partial charge in [-0.2, -0.15) is 0 Å². The maximum Gasteiger partial charge on any atom is 0.0208 e. The smallest absolute Gasteiger partial charge is 0.0208 e. The maximum atomic E-state index is 3.56. The fraction of sp³-hybridized carbons (Fsp3) is 0.368. The van der Waals surface area contributed by atoms with Gasteiger partial charge in [0.25, 0.3) is 0 Å². The Hall–Kier alpha value is -1.60. The van der Waals surface area contributed by atoms with Gasteiger partial charge in [0.15, 0.2) is 0 Å². The van der Waals surface area contributed by atoms with Crippen LogP contribution in [0.1, 0.15) is 39.3 Å². The van der Waals surface area contributed by atoms with Crippen LogP contribution in [0.4, 0.5) is 0 Å². The van der Waals surface area contributed by atoms with Gasteiger partial charge in [-0.05, 0) is 55.0 Å². The van der Waals surface area contributed by atoms with Gasteiger partial charge in [0.2, 0.25) is 0 Å². The van der Waals surface area contributed by atoms with Crippen molar-refractivity contribution < 1.29 is 0 Å². The Labute approximate surface area is 122 Å². The van der Waals surface area contributed by atoms with Crippen molar-refractivity contribution in [3.05, 3.63) is 69.8 Å². The molecule has 1 N–H and O–H groups in total. The average molecular weight is 265 g/mol. The summed E-state index contributed by atoms with van der Waals surface area (Å²) in [5, 5.41) is 3.56. The van der Waals surface area contributed by atoms with Gasteiger partial charge in [-0.15, -0.1) is 0 Å². The molecule has 1 heterocycles. The van der Waals surface area contributed by atoms with Crippen LogP contribution in [0.25, 0.3) is 0 Å². The fourth-order valence-electron chi connectivity index (χ4n) is 3.54. The lowest BCUT2D eigenvalue weighted by molar-refractivity contribution is 0.537. The normalized spacial score (nSPS) is 17.9. The Morgan fingerprint density at radius 1 is 1.05 bits per heavy atom. The molecule has 1 atom stereocenters. The highest BCUT2D eigenvalue weighted by atomic mass is 14.9. The molecule has 0 radical (unpaired) electrons. The van der Waals surface area contributed by atoms with Crippen LogP contribution >= 0.6 is 0 Å². The van der Waals surface area contributed by atoms with Crippen LogP contribution in [0.15, 0.2) is 36.4 Å². The highest BCUT2D eigenvalue weighted by Crippen LogP contribution is 2.29. The monoisotopic (exact) mass is 265 g/mol. The zero-order chi connectivity index (χ0) is 14.1. The van der Waals surface area contributed by atoms with Gasteiger partial charge in [0, 0.05) is 19.0 Å². The third kappa shape index (κ3) is 2.51. The van der Waals surface area contributed by atoms with E-state index in [1.165, 1.54) is 33.4 Å². The quantitative estimate of drug-likeness (QED) is 0.864. The fourth-order valence-corrected chi connectivity index (χ4v) is 3.54. The highest BCUT2D eigenvalue weighted by Gasteiger charge is 2.21. The molecule has 3 rings (SSSR count). The second-order valence-electron chi connectivity index (χ2n) is 6.11. The van der Waals surface area contributed by atoms with Crippen LogP contribution in [0.3, 0.4) is 0 Å². The lowest BCUT2D eigenvalue weighted by atomic mass is 9.83. The molecule has 2 aromatic carbocycles. The third-order valence-corrected chi connectivity index (χ3v) is 4.49. The average Bonchev–Trinajstić information content (AvgIpc) is 2.43. The largest absolute Gasteiger partial charge is 0.312 e.